The average molecular weight is 330 g/mol. The van der Waals surface area contributed by atoms with Gasteiger partial charge in [-0.3, -0.25) is 4.79 Å². The summed E-state index contributed by atoms with van der Waals surface area (Å²) in [5, 5.41) is 8.98. The highest BCUT2D eigenvalue weighted by atomic mass is 79.9. The average Bonchev–Trinajstić information content (AvgIpc) is 2.27. The summed E-state index contributed by atoms with van der Waals surface area (Å²) in [6.07, 6.45) is 0.124. The Labute approximate surface area is 122 Å². The molecule has 0 aliphatic carbocycles. The highest BCUT2D eigenvalue weighted by Gasteiger charge is 2.26. The molecule has 4 nitrogen and oxygen atoms in total. The lowest BCUT2D eigenvalue weighted by molar-refractivity contribution is -0.138. The van der Waals surface area contributed by atoms with E-state index >= 15 is 0 Å². The van der Waals surface area contributed by atoms with Gasteiger partial charge in [0.15, 0.2) is 0 Å². The molecule has 0 radical (unpaired) electrons. The number of carboxylic acid groups (broad SMARTS) is 1. The van der Waals surface area contributed by atoms with Gasteiger partial charge in [-0.2, -0.15) is 0 Å². The van der Waals surface area contributed by atoms with Crippen molar-refractivity contribution in [1.82, 2.24) is 4.90 Å². The maximum Gasteiger partial charge on any atom is 0.303 e. The quantitative estimate of drug-likeness (QED) is 0.870. The van der Waals surface area contributed by atoms with Gasteiger partial charge in [0.2, 0.25) is 0 Å². The van der Waals surface area contributed by atoms with E-state index in [0.717, 1.165) is 15.8 Å². The van der Waals surface area contributed by atoms with E-state index < -0.39 is 5.97 Å². The SMILES string of the molecule is COc1ccc(Br)cc1C(C(C)CC(=O)O)N(C)C. The zero-order valence-corrected chi connectivity index (χ0v) is 13.3. The van der Waals surface area contributed by atoms with Crippen LogP contribution in [0.3, 0.4) is 0 Å². The summed E-state index contributed by atoms with van der Waals surface area (Å²) >= 11 is 3.45. The van der Waals surface area contributed by atoms with Gasteiger partial charge < -0.3 is 14.7 Å². The third-order valence-corrected chi connectivity index (χ3v) is 3.60. The minimum Gasteiger partial charge on any atom is -0.496 e. The largest absolute Gasteiger partial charge is 0.496 e. The molecule has 0 saturated carbocycles. The van der Waals surface area contributed by atoms with Crippen molar-refractivity contribution >= 4 is 21.9 Å². The van der Waals surface area contributed by atoms with Crippen LogP contribution in [0, 0.1) is 5.92 Å². The third-order valence-electron chi connectivity index (χ3n) is 3.10. The van der Waals surface area contributed by atoms with Crippen molar-refractivity contribution in [2.24, 2.45) is 5.92 Å². The van der Waals surface area contributed by atoms with Gasteiger partial charge in [-0.05, 0) is 38.2 Å². The molecule has 5 heteroatoms. The number of ether oxygens (including phenoxy) is 1. The first-order valence-corrected chi connectivity index (χ1v) is 6.87. The van der Waals surface area contributed by atoms with E-state index in [-0.39, 0.29) is 18.4 Å². The van der Waals surface area contributed by atoms with Gasteiger partial charge in [0.25, 0.3) is 0 Å². The second kappa shape index (κ2) is 6.91. The van der Waals surface area contributed by atoms with E-state index in [9.17, 15) is 4.79 Å². The Hall–Kier alpha value is -1.07. The fourth-order valence-corrected chi connectivity index (χ4v) is 2.80. The van der Waals surface area contributed by atoms with Gasteiger partial charge in [-0.25, -0.2) is 0 Å². The summed E-state index contributed by atoms with van der Waals surface area (Å²) in [4.78, 5) is 13.0. The number of carboxylic acids is 1. The predicted molar refractivity (Wildman–Crippen MR) is 78.5 cm³/mol. The number of rotatable bonds is 6. The van der Waals surface area contributed by atoms with Crippen molar-refractivity contribution in [2.75, 3.05) is 21.2 Å². The smallest absolute Gasteiger partial charge is 0.303 e. The number of hydrogen-bond donors (Lipinski definition) is 1. The molecular weight excluding hydrogens is 310 g/mol. The number of hydrogen-bond acceptors (Lipinski definition) is 3. The Morgan fingerprint density at radius 1 is 1.47 bits per heavy atom. The summed E-state index contributed by atoms with van der Waals surface area (Å²) in [6, 6.07) is 5.78. The zero-order chi connectivity index (χ0) is 14.6. The van der Waals surface area contributed by atoms with E-state index in [1.165, 1.54) is 0 Å². The molecular formula is C14H20BrNO3. The van der Waals surface area contributed by atoms with E-state index in [1.54, 1.807) is 7.11 Å². The topological polar surface area (TPSA) is 49.8 Å². The number of carbonyl (C=O) groups is 1. The molecule has 19 heavy (non-hydrogen) atoms. The fourth-order valence-electron chi connectivity index (χ4n) is 2.42. The minimum absolute atomic E-state index is 0.0106. The first-order valence-electron chi connectivity index (χ1n) is 6.08. The van der Waals surface area contributed by atoms with Gasteiger partial charge in [0, 0.05) is 22.5 Å². The van der Waals surface area contributed by atoms with Crippen LogP contribution in [-0.4, -0.2) is 37.2 Å². The van der Waals surface area contributed by atoms with Gasteiger partial charge in [0.05, 0.1) is 7.11 Å². The molecule has 1 aromatic rings. The van der Waals surface area contributed by atoms with Crippen LogP contribution in [0.15, 0.2) is 22.7 Å². The molecule has 0 heterocycles. The van der Waals surface area contributed by atoms with Crippen molar-refractivity contribution in [3.63, 3.8) is 0 Å². The van der Waals surface area contributed by atoms with Crippen molar-refractivity contribution in [1.29, 1.82) is 0 Å². The molecule has 2 atom stereocenters. The Balaban J connectivity index is 3.18. The van der Waals surface area contributed by atoms with Crippen LogP contribution in [0.2, 0.25) is 0 Å². The number of nitrogens with zero attached hydrogens (tertiary/aromatic N) is 1. The molecule has 2 unspecified atom stereocenters. The molecule has 0 fully saturated rings. The standard InChI is InChI=1S/C14H20BrNO3/c1-9(7-13(17)18)14(16(2)3)11-8-10(15)5-6-12(11)19-4/h5-6,8-9,14H,7H2,1-4H3,(H,17,18). The van der Waals surface area contributed by atoms with E-state index in [0.29, 0.717) is 0 Å². The summed E-state index contributed by atoms with van der Waals surface area (Å²) in [6.45, 7) is 1.94. The van der Waals surface area contributed by atoms with Crippen LogP contribution in [-0.2, 0) is 4.79 Å². The number of aliphatic carboxylic acids is 1. The molecule has 0 saturated heterocycles. The Morgan fingerprint density at radius 2 is 2.11 bits per heavy atom. The summed E-state index contributed by atoms with van der Waals surface area (Å²) in [5.74, 6) is -0.0249. The van der Waals surface area contributed by atoms with Crippen LogP contribution in [0.25, 0.3) is 0 Å². The molecule has 1 aromatic carbocycles. The van der Waals surface area contributed by atoms with Crippen LogP contribution in [0.1, 0.15) is 24.9 Å². The molecule has 0 aromatic heterocycles. The Kier molecular flexibility index (Phi) is 5.82. The molecule has 1 N–H and O–H groups in total. The van der Waals surface area contributed by atoms with Gasteiger partial charge in [-0.15, -0.1) is 0 Å². The first kappa shape index (κ1) is 16.0. The zero-order valence-electron chi connectivity index (χ0n) is 11.7. The van der Waals surface area contributed by atoms with Crippen LogP contribution in [0.4, 0.5) is 0 Å². The van der Waals surface area contributed by atoms with E-state index in [4.69, 9.17) is 9.84 Å². The summed E-state index contributed by atoms with van der Waals surface area (Å²) < 4.78 is 6.35. The maximum atomic E-state index is 10.9. The minimum atomic E-state index is -0.784. The van der Waals surface area contributed by atoms with Crippen molar-refractivity contribution in [2.45, 2.75) is 19.4 Å². The number of methoxy groups -OCH3 is 1. The van der Waals surface area contributed by atoms with Crippen LogP contribution < -0.4 is 4.74 Å². The number of halogens is 1. The first-order chi connectivity index (χ1) is 8.86. The summed E-state index contributed by atoms with van der Waals surface area (Å²) in [5.41, 5.74) is 0.996. The highest BCUT2D eigenvalue weighted by Crippen LogP contribution is 2.36. The second-order valence-electron chi connectivity index (χ2n) is 4.87. The molecule has 0 spiro atoms. The maximum absolute atomic E-state index is 10.9. The van der Waals surface area contributed by atoms with E-state index in [2.05, 4.69) is 15.9 Å². The second-order valence-corrected chi connectivity index (χ2v) is 5.79. The lowest BCUT2D eigenvalue weighted by Crippen LogP contribution is -2.28. The highest BCUT2D eigenvalue weighted by molar-refractivity contribution is 9.10. The van der Waals surface area contributed by atoms with E-state index in [1.807, 2.05) is 44.1 Å². The fraction of sp³-hybridized carbons (Fsp3) is 0.500. The number of benzene rings is 1. The van der Waals surface area contributed by atoms with Crippen LogP contribution >= 0.6 is 15.9 Å². The Morgan fingerprint density at radius 3 is 2.58 bits per heavy atom. The molecule has 0 amide bonds. The third kappa shape index (κ3) is 4.21. The Bertz CT molecular complexity index is 448. The molecule has 106 valence electrons. The molecule has 1 rings (SSSR count). The summed E-state index contributed by atoms with van der Waals surface area (Å²) in [7, 11) is 5.52. The molecule has 0 aliphatic rings. The van der Waals surface area contributed by atoms with Gasteiger partial charge >= 0.3 is 5.97 Å². The lowest BCUT2D eigenvalue weighted by atomic mass is 9.90. The predicted octanol–water partition coefficient (Wildman–Crippen LogP) is 3.17. The van der Waals surface area contributed by atoms with Gasteiger partial charge in [0.1, 0.15) is 5.75 Å². The normalized spacial score (nSPS) is 14.2. The van der Waals surface area contributed by atoms with Crippen LogP contribution in [0.5, 0.6) is 5.75 Å². The lowest BCUT2D eigenvalue weighted by Gasteiger charge is -2.31. The van der Waals surface area contributed by atoms with Gasteiger partial charge in [-0.1, -0.05) is 22.9 Å². The van der Waals surface area contributed by atoms with Crippen molar-refractivity contribution < 1.29 is 14.6 Å². The monoisotopic (exact) mass is 329 g/mol. The molecule has 0 aliphatic heterocycles. The molecule has 0 bridgehead atoms. The van der Waals surface area contributed by atoms with Crippen molar-refractivity contribution in [3.05, 3.63) is 28.2 Å². The van der Waals surface area contributed by atoms with Crippen molar-refractivity contribution in [3.8, 4) is 5.75 Å².